The Morgan fingerprint density at radius 2 is 1.74 bits per heavy atom. The van der Waals surface area contributed by atoms with Gasteiger partial charge in [0.05, 0.1) is 6.10 Å². The topological polar surface area (TPSA) is 29.5 Å². The predicted molar refractivity (Wildman–Crippen MR) is 75.3 cm³/mol. The third kappa shape index (κ3) is 2.13. The molecule has 3 rings (SSSR count). The van der Waals surface area contributed by atoms with Gasteiger partial charge in [-0.1, -0.05) is 36.4 Å². The summed E-state index contributed by atoms with van der Waals surface area (Å²) in [4.78, 5) is 0. The number of fused-ring (bicyclic) bond motifs is 1. The summed E-state index contributed by atoms with van der Waals surface area (Å²) in [5, 5.41) is 10.3. The Kier molecular flexibility index (Phi) is 3.03. The van der Waals surface area contributed by atoms with Gasteiger partial charge in [-0.05, 0) is 36.6 Å². The smallest absolute Gasteiger partial charge is 0.127 e. The largest absolute Gasteiger partial charge is 0.485 e. The van der Waals surface area contributed by atoms with E-state index in [9.17, 15) is 5.11 Å². The molecule has 0 fully saturated rings. The van der Waals surface area contributed by atoms with Crippen molar-refractivity contribution in [2.24, 2.45) is 0 Å². The van der Waals surface area contributed by atoms with Crippen LogP contribution < -0.4 is 4.74 Å². The molecule has 0 amide bonds. The second-order valence-corrected chi connectivity index (χ2v) is 5.18. The van der Waals surface area contributed by atoms with Crippen LogP contribution >= 0.6 is 0 Å². The number of para-hydroxylation sites is 1. The normalized spacial score (nSPS) is 21.6. The van der Waals surface area contributed by atoms with E-state index < -0.39 is 6.10 Å². The molecule has 98 valence electrons. The molecule has 1 aliphatic rings. The first-order valence-electron chi connectivity index (χ1n) is 6.66. The molecule has 2 aromatic carbocycles. The van der Waals surface area contributed by atoms with Gasteiger partial charge in [-0.3, -0.25) is 0 Å². The molecule has 0 aliphatic carbocycles. The minimum atomic E-state index is -0.449. The first kappa shape index (κ1) is 12.2. The van der Waals surface area contributed by atoms with Crippen LogP contribution in [0.2, 0.25) is 0 Å². The van der Waals surface area contributed by atoms with Crippen molar-refractivity contribution in [1.29, 1.82) is 0 Å². The maximum Gasteiger partial charge on any atom is 0.127 e. The van der Waals surface area contributed by atoms with Crippen LogP contribution in [0.3, 0.4) is 0 Å². The quantitative estimate of drug-likeness (QED) is 0.837. The Morgan fingerprint density at radius 1 is 1.00 bits per heavy atom. The van der Waals surface area contributed by atoms with Crippen LogP contribution in [0, 0.1) is 13.8 Å². The molecule has 0 spiro atoms. The van der Waals surface area contributed by atoms with Gasteiger partial charge in [0.1, 0.15) is 11.9 Å². The summed E-state index contributed by atoms with van der Waals surface area (Å²) in [6.07, 6.45) is 0.0982. The van der Waals surface area contributed by atoms with Crippen LogP contribution in [0.1, 0.15) is 40.9 Å². The molecular weight excluding hydrogens is 236 g/mol. The Hall–Kier alpha value is -1.80. The Balaban J connectivity index is 1.99. The molecule has 1 heterocycles. The van der Waals surface area contributed by atoms with Gasteiger partial charge in [-0.15, -0.1) is 0 Å². The molecule has 0 radical (unpaired) electrons. The third-order valence-electron chi connectivity index (χ3n) is 3.98. The number of benzene rings is 2. The van der Waals surface area contributed by atoms with E-state index in [4.69, 9.17) is 4.74 Å². The van der Waals surface area contributed by atoms with Crippen LogP contribution in [0.25, 0.3) is 0 Å². The lowest BCUT2D eigenvalue weighted by Gasteiger charge is -2.31. The summed E-state index contributed by atoms with van der Waals surface area (Å²) >= 11 is 0. The summed E-state index contributed by atoms with van der Waals surface area (Å²) in [6, 6.07) is 14.0. The number of hydrogen-bond donors (Lipinski definition) is 1. The van der Waals surface area contributed by atoms with Crippen LogP contribution in [-0.2, 0) is 0 Å². The lowest BCUT2D eigenvalue weighted by atomic mass is 9.91. The molecule has 0 bridgehead atoms. The van der Waals surface area contributed by atoms with Crippen LogP contribution in [0.15, 0.2) is 42.5 Å². The van der Waals surface area contributed by atoms with Crippen molar-refractivity contribution in [3.63, 3.8) is 0 Å². The highest BCUT2D eigenvalue weighted by molar-refractivity contribution is 5.41. The van der Waals surface area contributed by atoms with Gasteiger partial charge in [-0.2, -0.15) is 0 Å². The van der Waals surface area contributed by atoms with E-state index in [2.05, 4.69) is 26.0 Å². The van der Waals surface area contributed by atoms with Crippen molar-refractivity contribution in [3.05, 3.63) is 64.7 Å². The minimum absolute atomic E-state index is 0.0650. The molecule has 2 aromatic rings. The molecule has 0 saturated carbocycles. The zero-order valence-electron chi connectivity index (χ0n) is 11.3. The summed E-state index contributed by atoms with van der Waals surface area (Å²) in [6.45, 7) is 4.22. The monoisotopic (exact) mass is 254 g/mol. The van der Waals surface area contributed by atoms with E-state index in [1.807, 2.05) is 30.3 Å². The second-order valence-electron chi connectivity index (χ2n) is 5.18. The molecule has 0 saturated heterocycles. The first-order valence-corrected chi connectivity index (χ1v) is 6.66. The van der Waals surface area contributed by atoms with Crippen molar-refractivity contribution in [2.75, 3.05) is 0 Å². The van der Waals surface area contributed by atoms with Gasteiger partial charge in [0, 0.05) is 12.0 Å². The summed E-state index contributed by atoms with van der Waals surface area (Å²) in [5.41, 5.74) is 4.58. The fourth-order valence-corrected chi connectivity index (χ4v) is 2.71. The number of hydrogen-bond acceptors (Lipinski definition) is 2. The number of aliphatic hydroxyl groups excluding tert-OH is 1. The van der Waals surface area contributed by atoms with E-state index in [0.29, 0.717) is 6.42 Å². The fraction of sp³-hybridized carbons (Fsp3) is 0.294. The lowest BCUT2D eigenvalue weighted by molar-refractivity contribution is 0.0654. The molecular formula is C17H18O2. The average molecular weight is 254 g/mol. The van der Waals surface area contributed by atoms with Crippen molar-refractivity contribution >= 4 is 0 Å². The fourth-order valence-electron chi connectivity index (χ4n) is 2.71. The summed E-state index contributed by atoms with van der Waals surface area (Å²) in [7, 11) is 0. The zero-order valence-corrected chi connectivity index (χ0v) is 11.3. The maximum atomic E-state index is 10.3. The van der Waals surface area contributed by atoms with E-state index in [1.165, 1.54) is 16.7 Å². The molecule has 0 aromatic heterocycles. The standard InChI is InChI=1S/C17H18O2/c1-11-6-5-8-13(12(11)2)17-10-15(18)14-7-3-4-9-16(14)19-17/h3-9,15,17-18H,10H2,1-2H3/t15-,17?/m1/s1. The Labute approximate surface area is 113 Å². The molecule has 2 heteroatoms. The number of aliphatic hydroxyl groups is 1. The second kappa shape index (κ2) is 4.71. The highest BCUT2D eigenvalue weighted by Gasteiger charge is 2.28. The van der Waals surface area contributed by atoms with Crippen molar-refractivity contribution in [3.8, 4) is 5.75 Å². The maximum absolute atomic E-state index is 10.3. The minimum Gasteiger partial charge on any atom is -0.485 e. The average Bonchev–Trinajstić information content (AvgIpc) is 2.42. The van der Waals surface area contributed by atoms with E-state index >= 15 is 0 Å². The van der Waals surface area contributed by atoms with Gasteiger partial charge in [0.25, 0.3) is 0 Å². The van der Waals surface area contributed by atoms with Crippen LogP contribution in [-0.4, -0.2) is 5.11 Å². The van der Waals surface area contributed by atoms with Crippen molar-refractivity contribution < 1.29 is 9.84 Å². The SMILES string of the molecule is Cc1cccc(C2C[C@@H](O)c3ccccc3O2)c1C. The van der Waals surface area contributed by atoms with Crippen LogP contribution in [0.5, 0.6) is 5.75 Å². The van der Waals surface area contributed by atoms with Crippen molar-refractivity contribution in [2.45, 2.75) is 32.5 Å². The van der Waals surface area contributed by atoms with Gasteiger partial charge in [-0.25, -0.2) is 0 Å². The Morgan fingerprint density at radius 3 is 2.58 bits per heavy atom. The molecule has 1 aliphatic heterocycles. The first-order chi connectivity index (χ1) is 9.16. The number of aryl methyl sites for hydroxylation is 1. The molecule has 2 atom stereocenters. The van der Waals surface area contributed by atoms with Gasteiger partial charge >= 0.3 is 0 Å². The van der Waals surface area contributed by atoms with Crippen LogP contribution in [0.4, 0.5) is 0 Å². The van der Waals surface area contributed by atoms with E-state index in [0.717, 1.165) is 11.3 Å². The number of ether oxygens (including phenoxy) is 1. The predicted octanol–water partition coefficient (Wildman–Crippen LogP) is 3.86. The highest BCUT2D eigenvalue weighted by atomic mass is 16.5. The summed E-state index contributed by atoms with van der Waals surface area (Å²) < 4.78 is 6.06. The summed E-state index contributed by atoms with van der Waals surface area (Å²) in [5.74, 6) is 0.798. The zero-order chi connectivity index (χ0) is 13.4. The Bertz CT molecular complexity index is 604. The van der Waals surface area contributed by atoms with E-state index in [1.54, 1.807) is 0 Å². The molecule has 1 N–H and O–H groups in total. The van der Waals surface area contributed by atoms with Gasteiger partial charge in [0.2, 0.25) is 0 Å². The number of rotatable bonds is 1. The van der Waals surface area contributed by atoms with Gasteiger partial charge < -0.3 is 9.84 Å². The molecule has 19 heavy (non-hydrogen) atoms. The highest BCUT2D eigenvalue weighted by Crippen LogP contribution is 2.41. The van der Waals surface area contributed by atoms with Crippen molar-refractivity contribution in [1.82, 2.24) is 0 Å². The third-order valence-corrected chi connectivity index (χ3v) is 3.98. The lowest BCUT2D eigenvalue weighted by Crippen LogP contribution is -2.19. The van der Waals surface area contributed by atoms with Gasteiger partial charge in [0.15, 0.2) is 0 Å². The molecule has 1 unspecified atom stereocenters. The molecule has 2 nitrogen and oxygen atoms in total. The van der Waals surface area contributed by atoms with E-state index in [-0.39, 0.29) is 6.10 Å².